The number of hydrogen-bond donors (Lipinski definition) is 4. The highest BCUT2D eigenvalue weighted by Crippen LogP contribution is 2.57. The fourth-order valence-corrected chi connectivity index (χ4v) is 7.67. The van der Waals surface area contributed by atoms with Crippen molar-refractivity contribution in [3.8, 4) is 0 Å². The number of ether oxygens (including phenoxy) is 4. The average molecular weight is 629 g/mol. The van der Waals surface area contributed by atoms with Gasteiger partial charge in [0.15, 0.2) is 5.79 Å². The maximum absolute atomic E-state index is 14.1. The van der Waals surface area contributed by atoms with E-state index in [-0.39, 0.29) is 13.2 Å². The van der Waals surface area contributed by atoms with Gasteiger partial charge in [-0.2, -0.15) is 0 Å². The van der Waals surface area contributed by atoms with Gasteiger partial charge in [-0.05, 0) is 56.3 Å². The molecule has 7 atom stereocenters. The molecule has 2 aliphatic heterocycles. The van der Waals surface area contributed by atoms with Crippen molar-refractivity contribution in [1.82, 2.24) is 5.32 Å². The number of benzene rings is 1. The molecule has 0 aromatic heterocycles. The first-order valence-electron chi connectivity index (χ1n) is 15.9. The van der Waals surface area contributed by atoms with Gasteiger partial charge in [0.25, 0.3) is 0 Å². The molecular weight excluding hydrogens is 579 g/mol. The number of hydrogen-bond acceptors (Lipinski definition) is 12. The molecule has 244 valence electrons. The maximum atomic E-state index is 14.1. The van der Waals surface area contributed by atoms with Gasteiger partial charge < -0.3 is 34.9 Å². The molecule has 13 heteroatoms. The molecule has 1 saturated heterocycles. The van der Waals surface area contributed by atoms with Gasteiger partial charge in [0.05, 0.1) is 13.2 Å². The third-order valence-electron chi connectivity index (χ3n) is 8.71. The molecule has 5 rings (SSSR count). The van der Waals surface area contributed by atoms with Crippen molar-refractivity contribution in [3.05, 3.63) is 35.4 Å². The van der Waals surface area contributed by atoms with Crippen molar-refractivity contribution in [2.45, 2.75) is 133 Å². The highest BCUT2D eigenvalue weighted by molar-refractivity contribution is 7.48. The Labute approximate surface area is 254 Å². The summed E-state index contributed by atoms with van der Waals surface area (Å²) in [6.07, 6.45) is 1.06. The Kier molecular flexibility index (Phi) is 12.1. The van der Waals surface area contributed by atoms with Crippen LogP contribution in [0, 0.1) is 0 Å². The zero-order valence-electron chi connectivity index (χ0n) is 25.1. The molecule has 2 saturated carbocycles. The summed E-state index contributed by atoms with van der Waals surface area (Å²) >= 11 is 0. The first-order chi connectivity index (χ1) is 20.9. The molecule has 3 fully saturated rings. The van der Waals surface area contributed by atoms with Crippen molar-refractivity contribution >= 4 is 7.82 Å². The van der Waals surface area contributed by atoms with Crippen molar-refractivity contribution in [2.24, 2.45) is 5.73 Å². The minimum Gasteiger partial charge on any atom is -0.387 e. The third-order valence-corrected chi connectivity index (χ3v) is 10.1. The Morgan fingerprint density at radius 1 is 1.00 bits per heavy atom. The Balaban J connectivity index is 1.39. The molecule has 0 amide bonds. The summed E-state index contributed by atoms with van der Waals surface area (Å²) < 4.78 is 57.3. The molecule has 5 N–H and O–H groups in total. The molecule has 1 aromatic carbocycles. The summed E-state index contributed by atoms with van der Waals surface area (Å²) in [5.41, 5.74) is 7.30. The van der Waals surface area contributed by atoms with Crippen LogP contribution in [-0.4, -0.2) is 78.7 Å². The van der Waals surface area contributed by atoms with Crippen LogP contribution in [0.15, 0.2) is 24.3 Å². The Morgan fingerprint density at radius 3 is 2.37 bits per heavy atom. The number of phosphoric ester groups is 1. The number of unbranched alkanes of at least 4 members (excludes halogenated alkanes) is 3. The summed E-state index contributed by atoms with van der Waals surface area (Å²) in [5.74, 6) is -0.894. The van der Waals surface area contributed by atoms with Crippen LogP contribution in [0.5, 0.6) is 0 Å². The number of aliphatic hydroxyl groups is 2. The molecule has 4 aliphatic rings. The average Bonchev–Trinajstić information content (AvgIpc) is 3.28. The first-order valence-corrected chi connectivity index (χ1v) is 17.4. The van der Waals surface area contributed by atoms with E-state index >= 15 is 0 Å². The second-order valence-corrected chi connectivity index (χ2v) is 13.5. The molecule has 2 heterocycles. The molecule has 1 unspecified atom stereocenters. The van der Waals surface area contributed by atoms with Crippen LogP contribution < -0.4 is 11.1 Å². The number of phosphoric acid groups is 1. The Bertz CT molecular complexity index is 1030. The number of nitrogens with two attached hydrogens (primary N) is 1. The van der Waals surface area contributed by atoms with Gasteiger partial charge in [-0.1, -0.05) is 50.5 Å². The number of fused-ring (bicyclic) bond motifs is 2. The van der Waals surface area contributed by atoms with Crippen molar-refractivity contribution < 1.29 is 47.3 Å². The maximum Gasteiger partial charge on any atom is 0.475 e. The van der Waals surface area contributed by atoms with Crippen LogP contribution in [0.1, 0.15) is 82.3 Å². The highest BCUT2D eigenvalue weighted by atomic mass is 31.2. The smallest absolute Gasteiger partial charge is 0.387 e. The Morgan fingerprint density at radius 2 is 1.70 bits per heavy atom. The zero-order chi connectivity index (χ0) is 30.3. The van der Waals surface area contributed by atoms with Gasteiger partial charge in [-0.25, -0.2) is 4.57 Å². The number of nitrogens with one attached hydrogen (secondary N) is 1. The van der Waals surface area contributed by atoms with E-state index in [1.807, 2.05) is 31.2 Å². The van der Waals surface area contributed by atoms with Crippen LogP contribution in [0.25, 0.3) is 0 Å². The second-order valence-electron chi connectivity index (χ2n) is 11.9. The van der Waals surface area contributed by atoms with Crippen LogP contribution in [0.2, 0.25) is 0 Å². The van der Waals surface area contributed by atoms with Crippen LogP contribution in [-0.2, 0) is 50.3 Å². The summed E-state index contributed by atoms with van der Waals surface area (Å²) in [6.45, 7) is 3.58. The lowest BCUT2D eigenvalue weighted by atomic mass is 9.84. The molecule has 1 aromatic rings. The first kappa shape index (κ1) is 33.4. The Hall–Kier alpha value is -0.990. The SMILES string of the molecule is CCCCO[C@H]1[C@H](OP2(=O)OCc3ccccc3CO2)[C@@H]2OC3(CCCCC3)O[C@@H]2[C@@H](O)[C@@H]1OC(O)NCCCCCN. The summed E-state index contributed by atoms with van der Waals surface area (Å²) in [5, 5.41) is 25.4. The lowest BCUT2D eigenvalue weighted by Gasteiger charge is -2.45. The zero-order valence-corrected chi connectivity index (χ0v) is 26.0. The normalized spacial score (nSPS) is 32.2. The second kappa shape index (κ2) is 15.5. The molecule has 2 aliphatic carbocycles. The number of rotatable bonds is 14. The highest BCUT2D eigenvalue weighted by Gasteiger charge is 2.63. The summed E-state index contributed by atoms with van der Waals surface area (Å²) in [4.78, 5) is 0. The van der Waals surface area contributed by atoms with Gasteiger partial charge in [0.1, 0.15) is 36.6 Å². The van der Waals surface area contributed by atoms with E-state index in [9.17, 15) is 14.8 Å². The fraction of sp³-hybridized carbons (Fsp3) is 0.800. The predicted molar refractivity (Wildman–Crippen MR) is 157 cm³/mol. The quantitative estimate of drug-likeness (QED) is 0.135. The van der Waals surface area contributed by atoms with E-state index in [1.165, 1.54) is 0 Å². The summed E-state index contributed by atoms with van der Waals surface area (Å²) in [7, 11) is -4.14. The van der Waals surface area contributed by atoms with E-state index in [4.69, 9.17) is 38.3 Å². The van der Waals surface area contributed by atoms with Gasteiger partial charge in [-0.3, -0.25) is 18.9 Å². The minimum absolute atomic E-state index is 0.0479. The molecule has 1 spiro atoms. The van der Waals surface area contributed by atoms with Crippen LogP contribution in [0.4, 0.5) is 0 Å². The standard InChI is InChI=1S/C30H49N2O10P/c1-2-3-18-36-26-24(39-29(34)32-17-11-5-10-16-31)23(33)25-27(41-30(40-25)14-8-4-9-15-30)28(26)42-43(35)37-19-21-12-6-7-13-22(21)20-38-43/h6-7,12-13,23-29,32-34H,2-5,8-11,14-20,31H2,1H3/t23-,24-,25+,26+,27+,28-,29?/m0/s1. The van der Waals surface area contributed by atoms with Crippen molar-refractivity contribution in [3.63, 3.8) is 0 Å². The van der Waals surface area contributed by atoms with E-state index in [0.29, 0.717) is 32.5 Å². The van der Waals surface area contributed by atoms with Gasteiger partial charge >= 0.3 is 7.82 Å². The van der Waals surface area contributed by atoms with Gasteiger partial charge in [-0.15, -0.1) is 0 Å². The predicted octanol–water partition coefficient (Wildman–Crippen LogP) is 3.61. The van der Waals surface area contributed by atoms with Crippen molar-refractivity contribution in [2.75, 3.05) is 19.7 Å². The van der Waals surface area contributed by atoms with E-state index in [1.54, 1.807) is 0 Å². The van der Waals surface area contributed by atoms with E-state index in [0.717, 1.165) is 62.5 Å². The van der Waals surface area contributed by atoms with Gasteiger partial charge in [0, 0.05) is 19.4 Å². The number of aliphatic hydroxyl groups excluding tert-OH is 2. The monoisotopic (exact) mass is 628 g/mol. The molecular formula is C30H49N2O10P. The summed E-state index contributed by atoms with van der Waals surface area (Å²) in [6, 6.07) is 7.56. The lowest BCUT2D eigenvalue weighted by Crippen LogP contribution is -2.65. The van der Waals surface area contributed by atoms with Crippen molar-refractivity contribution in [1.29, 1.82) is 0 Å². The fourth-order valence-electron chi connectivity index (χ4n) is 6.34. The minimum atomic E-state index is -4.14. The molecule has 0 bridgehead atoms. The molecule has 12 nitrogen and oxygen atoms in total. The van der Waals surface area contributed by atoms with E-state index < -0.39 is 56.6 Å². The third kappa shape index (κ3) is 8.24. The van der Waals surface area contributed by atoms with Crippen LogP contribution in [0.3, 0.4) is 0 Å². The van der Waals surface area contributed by atoms with E-state index in [2.05, 4.69) is 5.32 Å². The lowest BCUT2D eigenvalue weighted by molar-refractivity contribution is -0.264. The van der Waals surface area contributed by atoms with Gasteiger partial charge in [0.2, 0.25) is 6.41 Å². The largest absolute Gasteiger partial charge is 0.475 e. The molecule has 0 radical (unpaired) electrons. The topological polar surface area (TPSA) is 160 Å². The molecule has 43 heavy (non-hydrogen) atoms. The van der Waals surface area contributed by atoms with Crippen LogP contribution >= 0.6 is 7.82 Å².